The molecule has 0 aromatic heterocycles. The number of phenolic OH excluding ortho intramolecular Hbond substituents is 4. The zero-order chi connectivity index (χ0) is 38.6. The lowest BCUT2D eigenvalue weighted by atomic mass is 9.96. The van der Waals surface area contributed by atoms with Gasteiger partial charge in [-0.2, -0.15) is 0 Å². The molecule has 0 amide bonds. The van der Waals surface area contributed by atoms with Crippen LogP contribution in [0.4, 0.5) is 0 Å². The van der Waals surface area contributed by atoms with Crippen molar-refractivity contribution in [3.8, 4) is 23.0 Å². The molecule has 0 aliphatic carbocycles. The number of aliphatic hydroxyl groups is 7. The van der Waals surface area contributed by atoms with Crippen molar-refractivity contribution in [2.45, 2.75) is 99.4 Å². The van der Waals surface area contributed by atoms with Gasteiger partial charge in [0.05, 0.1) is 25.9 Å². The molecule has 2 aromatic carbocycles. The quantitative estimate of drug-likeness (QED) is 0.0569. The summed E-state index contributed by atoms with van der Waals surface area (Å²) in [6, 6.07) is 7.85. The highest BCUT2D eigenvalue weighted by atomic mass is 16.8. The third-order valence-corrected chi connectivity index (χ3v) is 9.04. The van der Waals surface area contributed by atoms with E-state index in [4.69, 9.17) is 33.2 Å². The highest BCUT2D eigenvalue weighted by Crippen LogP contribution is 2.35. The Kier molecular flexibility index (Phi) is 13.5. The van der Waals surface area contributed by atoms with Gasteiger partial charge in [-0.05, 0) is 54.8 Å². The Morgan fingerprint density at radius 3 is 1.96 bits per heavy atom. The Hall–Kier alpha value is -3.67. The summed E-state index contributed by atoms with van der Waals surface area (Å²) in [5, 5.41) is 113. The lowest BCUT2D eigenvalue weighted by molar-refractivity contribution is -0.372. The summed E-state index contributed by atoms with van der Waals surface area (Å²) in [6.45, 7) is -0.247. The minimum absolute atomic E-state index is 0.137. The molecule has 3 saturated heterocycles. The minimum atomic E-state index is -1.82. The fraction of sp³-hybridized carbons (Fsp3) is 0.559. The SMILES string of the molecule is C[C@@H]1O[C@@H](O[C@@H]2[C@@H](O)[C@H](OCCc3ccc(O)c(O)c3)O[C@H](CO)[C@H]2OC(=O)/C=C/c2ccc(O)c(O)c2)[C@H](O[C@@H]2O[C@H](CO)[C@@H](O)[C@H]2O)[C@H](O)[C@H]1O. The first-order valence-corrected chi connectivity index (χ1v) is 16.6. The fourth-order valence-corrected chi connectivity index (χ4v) is 6.02. The van der Waals surface area contributed by atoms with E-state index in [1.165, 1.54) is 49.4 Å². The number of hydrogen-bond donors (Lipinski definition) is 11. The average molecular weight is 757 g/mol. The van der Waals surface area contributed by atoms with Gasteiger partial charge in [-0.1, -0.05) is 12.1 Å². The van der Waals surface area contributed by atoms with Gasteiger partial charge in [-0.3, -0.25) is 0 Å². The van der Waals surface area contributed by atoms with Crippen LogP contribution in [0.15, 0.2) is 42.5 Å². The van der Waals surface area contributed by atoms with E-state index in [9.17, 15) is 61.0 Å². The van der Waals surface area contributed by atoms with Crippen molar-refractivity contribution < 1.29 is 94.1 Å². The van der Waals surface area contributed by atoms with E-state index in [0.717, 1.165) is 6.08 Å². The van der Waals surface area contributed by atoms with Gasteiger partial charge < -0.3 is 89.3 Å². The van der Waals surface area contributed by atoms with Gasteiger partial charge in [0.25, 0.3) is 0 Å². The van der Waals surface area contributed by atoms with Crippen molar-refractivity contribution in [3.05, 3.63) is 53.6 Å². The van der Waals surface area contributed by atoms with Crippen LogP contribution in [0.5, 0.6) is 23.0 Å². The van der Waals surface area contributed by atoms with Crippen LogP contribution < -0.4 is 0 Å². The van der Waals surface area contributed by atoms with Crippen molar-refractivity contribution in [2.75, 3.05) is 19.8 Å². The number of benzene rings is 2. The van der Waals surface area contributed by atoms with Gasteiger partial charge in [-0.25, -0.2) is 4.79 Å². The standard InChI is InChI=1S/C34H44O19/c1-14-24(42)26(44)31(53-33-27(45)25(43)21(12-35)49-33)34(48-14)52-30-28(46)32(47-9-8-16-3-6-18(38)20(40)11-16)50-22(13-36)29(30)51-23(41)7-4-15-2-5-17(37)19(39)10-15/h2-7,10-11,14,21-22,24-40,42-46H,8-9,12-13H2,1H3/b7-4+/t14-,21+,22+,24-,25+,26+,27+,28+,29+,30+,31+,32+,33-,34-/m0/s1. The molecular formula is C34H44O19. The maximum Gasteiger partial charge on any atom is 0.331 e. The van der Waals surface area contributed by atoms with Crippen LogP contribution in [-0.4, -0.2) is 168 Å². The largest absolute Gasteiger partial charge is 0.504 e. The predicted octanol–water partition coefficient (Wildman–Crippen LogP) is -2.55. The Morgan fingerprint density at radius 2 is 1.32 bits per heavy atom. The molecule has 0 radical (unpaired) electrons. The Labute approximate surface area is 302 Å². The molecule has 0 bridgehead atoms. The second-order valence-electron chi connectivity index (χ2n) is 12.7. The van der Waals surface area contributed by atoms with Crippen LogP contribution in [0, 0.1) is 0 Å². The highest BCUT2D eigenvalue weighted by Gasteiger charge is 2.54. The molecular weight excluding hydrogens is 712 g/mol. The van der Waals surface area contributed by atoms with Crippen LogP contribution in [-0.2, 0) is 44.4 Å². The topological polar surface area (TPSA) is 304 Å². The van der Waals surface area contributed by atoms with E-state index in [0.29, 0.717) is 11.1 Å². The number of rotatable bonds is 13. The summed E-state index contributed by atoms with van der Waals surface area (Å²) in [4.78, 5) is 13.1. The smallest absolute Gasteiger partial charge is 0.331 e. The third-order valence-electron chi connectivity index (χ3n) is 9.04. The van der Waals surface area contributed by atoms with Crippen molar-refractivity contribution >= 4 is 12.0 Å². The Balaban J connectivity index is 1.40. The highest BCUT2D eigenvalue weighted by molar-refractivity contribution is 5.87. The molecule has 294 valence electrons. The van der Waals surface area contributed by atoms with Gasteiger partial charge >= 0.3 is 5.97 Å². The molecule has 11 N–H and O–H groups in total. The summed E-state index contributed by atoms with van der Waals surface area (Å²) in [5.41, 5.74) is 0.834. The lowest BCUT2D eigenvalue weighted by Crippen LogP contribution is -2.65. The number of carbonyl (C=O) groups excluding carboxylic acids is 1. The zero-order valence-corrected chi connectivity index (χ0v) is 28.2. The maximum absolute atomic E-state index is 13.1. The molecule has 2 aromatic rings. The number of hydrogen-bond acceptors (Lipinski definition) is 19. The molecule has 0 spiro atoms. The van der Waals surface area contributed by atoms with Crippen LogP contribution >= 0.6 is 0 Å². The first-order chi connectivity index (χ1) is 25.2. The molecule has 19 heteroatoms. The second-order valence-corrected chi connectivity index (χ2v) is 12.7. The molecule has 19 nitrogen and oxygen atoms in total. The van der Waals surface area contributed by atoms with Gasteiger partial charge in [0, 0.05) is 6.08 Å². The number of ether oxygens (including phenoxy) is 7. The van der Waals surface area contributed by atoms with Gasteiger partial charge in [0.1, 0.15) is 54.9 Å². The summed E-state index contributed by atoms with van der Waals surface area (Å²) >= 11 is 0. The van der Waals surface area contributed by atoms with Gasteiger partial charge in [-0.15, -0.1) is 0 Å². The summed E-state index contributed by atoms with van der Waals surface area (Å²) in [7, 11) is 0. The summed E-state index contributed by atoms with van der Waals surface area (Å²) in [6.07, 6.45) is -19.9. The fourth-order valence-electron chi connectivity index (χ4n) is 6.02. The predicted molar refractivity (Wildman–Crippen MR) is 174 cm³/mol. The molecule has 0 unspecified atom stereocenters. The van der Waals surface area contributed by atoms with Crippen molar-refractivity contribution in [1.29, 1.82) is 0 Å². The molecule has 5 rings (SSSR count). The first-order valence-electron chi connectivity index (χ1n) is 16.6. The summed E-state index contributed by atoms with van der Waals surface area (Å²) < 4.78 is 40.2. The van der Waals surface area contributed by atoms with Crippen LogP contribution in [0.25, 0.3) is 6.08 Å². The zero-order valence-electron chi connectivity index (χ0n) is 28.2. The molecule has 3 aliphatic heterocycles. The maximum atomic E-state index is 13.1. The molecule has 53 heavy (non-hydrogen) atoms. The monoisotopic (exact) mass is 756 g/mol. The van der Waals surface area contributed by atoms with E-state index >= 15 is 0 Å². The van der Waals surface area contributed by atoms with Crippen molar-refractivity contribution in [1.82, 2.24) is 0 Å². The minimum Gasteiger partial charge on any atom is -0.504 e. The molecule has 14 atom stereocenters. The molecule has 0 saturated carbocycles. The molecule has 3 fully saturated rings. The Morgan fingerprint density at radius 1 is 0.679 bits per heavy atom. The normalized spacial score (nSPS) is 36.2. The van der Waals surface area contributed by atoms with Crippen LogP contribution in [0.2, 0.25) is 0 Å². The van der Waals surface area contributed by atoms with Crippen molar-refractivity contribution in [2.24, 2.45) is 0 Å². The third kappa shape index (κ3) is 9.35. The van der Waals surface area contributed by atoms with E-state index in [1.807, 2.05) is 0 Å². The van der Waals surface area contributed by atoms with Gasteiger partial charge in [0.2, 0.25) is 0 Å². The number of aromatic hydroxyl groups is 4. The number of esters is 1. The molecule has 3 heterocycles. The lowest BCUT2D eigenvalue weighted by Gasteiger charge is -2.47. The average Bonchev–Trinajstić information content (AvgIpc) is 3.41. The number of carbonyl (C=O) groups is 1. The van der Waals surface area contributed by atoms with E-state index in [2.05, 4.69) is 0 Å². The Bertz CT molecular complexity index is 1560. The van der Waals surface area contributed by atoms with Crippen LogP contribution in [0.1, 0.15) is 18.1 Å². The van der Waals surface area contributed by atoms with Gasteiger partial charge in [0.15, 0.2) is 48.0 Å². The molecule has 3 aliphatic rings. The summed E-state index contributed by atoms with van der Waals surface area (Å²) in [5.74, 6) is -2.58. The number of aliphatic hydroxyl groups excluding tert-OH is 7. The van der Waals surface area contributed by atoms with Crippen molar-refractivity contribution in [3.63, 3.8) is 0 Å². The van der Waals surface area contributed by atoms with E-state index in [1.54, 1.807) is 0 Å². The van der Waals surface area contributed by atoms with E-state index < -0.39 is 111 Å². The van der Waals surface area contributed by atoms with E-state index in [-0.39, 0.29) is 30.3 Å². The second kappa shape index (κ2) is 17.6. The number of phenols is 4. The first kappa shape index (κ1) is 40.5. The van der Waals surface area contributed by atoms with Crippen LogP contribution in [0.3, 0.4) is 0 Å².